The molecule has 1 unspecified atom stereocenters. The molecular formula is C16H19NO4. The summed E-state index contributed by atoms with van der Waals surface area (Å²) in [5.74, 6) is 1.55. The van der Waals surface area contributed by atoms with E-state index in [9.17, 15) is 9.59 Å². The lowest BCUT2D eigenvalue weighted by molar-refractivity contribution is -0.141. The molecule has 0 spiro atoms. The number of rotatable bonds is 8. The van der Waals surface area contributed by atoms with Crippen LogP contribution in [-0.2, 0) is 9.59 Å². The number of carbonyl (C=O) groups is 2. The van der Waals surface area contributed by atoms with Crippen LogP contribution in [0.15, 0.2) is 24.3 Å². The molecule has 1 aromatic carbocycles. The van der Waals surface area contributed by atoms with E-state index in [1.165, 1.54) is 0 Å². The molecule has 0 radical (unpaired) electrons. The summed E-state index contributed by atoms with van der Waals surface area (Å²) in [5.41, 5.74) is 1.03. The van der Waals surface area contributed by atoms with Crippen molar-refractivity contribution >= 4 is 11.9 Å². The molecule has 1 rings (SSSR count). The Morgan fingerprint density at radius 2 is 2.14 bits per heavy atom. The standard InChI is InChI=1S/C16H19NO4/c1-3-7-13(16(19)20)17-15(18)10-6-11-21-14-9-5-4-8-12(14)2/h1,4-5,8-9,13H,6-7,10-11H2,2H3,(H,17,18)(H,19,20). The number of hydrogen-bond acceptors (Lipinski definition) is 3. The number of aliphatic carboxylic acids is 1. The third kappa shape index (κ3) is 6.00. The summed E-state index contributed by atoms with van der Waals surface area (Å²) in [6.07, 6.45) is 5.73. The molecule has 0 saturated carbocycles. The fourth-order valence-electron chi connectivity index (χ4n) is 1.72. The Labute approximate surface area is 124 Å². The Balaban J connectivity index is 2.29. The first-order valence-corrected chi connectivity index (χ1v) is 6.68. The molecule has 21 heavy (non-hydrogen) atoms. The topological polar surface area (TPSA) is 75.6 Å². The molecule has 5 heteroatoms. The number of ether oxygens (including phenoxy) is 1. The van der Waals surface area contributed by atoms with E-state index in [1.807, 2.05) is 31.2 Å². The summed E-state index contributed by atoms with van der Waals surface area (Å²) in [5, 5.41) is 11.3. The molecule has 0 aromatic heterocycles. The van der Waals surface area contributed by atoms with Crippen LogP contribution in [-0.4, -0.2) is 29.6 Å². The van der Waals surface area contributed by atoms with Crippen LogP contribution in [0.5, 0.6) is 5.75 Å². The minimum atomic E-state index is -1.13. The van der Waals surface area contributed by atoms with Gasteiger partial charge in [-0.3, -0.25) is 4.79 Å². The van der Waals surface area contributed by atoms with Crippen LogP contribution in [0, 0.1) is 19.3 Å². The SMILES string of the molecule is C#CCC(NC(=O)CCCOc1ccccc1C)C(=O)O. The van der Waals surface area contributed by atoms with Crippen molar-refractivity contribution in [2.75, 3.05) is 6.61 Å². The zero-order valence-corrected chi connectivity index (χ0v) is 12.0. The summed E-state index contributed by atoms with van der Waals surface area (Å²) in [6, 6.07) is 6.58. The van der Waals surface area contributed by atoms with Gasteiger partial charge in [0.15, 0.2) is 0 Å². The van der Waals surface area contributed by atoms with E-state index in [0.29, 0.717) is 13.0 Å². The Kier molecular flexibility index (Phi) is 6.82. The van der Waals surface area contributed by atoms with Crippen molar-refractivity contribution in [1.82, 2.24) is 5.32 Å². The van der Waals surface area contributed by atoms with Crippen molar-refractivity contribution in [3.05, 3.63) is 29.8 Å². The second kappa shape index (κ2) is 8.64. The number of carboxylic acid groups (broad SMARTS) is 1. The number of nitrogens with one attached hydrogen (secondary N) is 1. The lowest BCUT2D eigenvalue weighted by Gasteiger charge is -2.12. The van der Waals surface area contributed by atoms with Crippen LogP contribution in [0.4, 0.5) is 0 Å². The number of benzene rings is 1. The maximum atomic E-state index is 11.6. The third-order valence-corrected chi connectivity index (χ3v) is 2.85. The highest BCUT2D eigenvalue weighted by Crippen LogP contribution is 2.16. The van der Waals surface area contributed by atoms with Crippen LogP contribution < -0.4 is 10.1 Å². The second-order valence-electron chi connectivity index (χ2n) is 4.58. The summed E-state index contributed by atoms with van der Waals surface area (Å²) in [4.78, 5) is 22.5. The molecule has 0 aliphatic carbocycles. The quantitative estimate of drug-likeness (QED) is 0.564. The Morgan fingerprint density at radius 1 is 1.43 bits per heavy atom. The average Bonchev–Trinajstić information content (AvgIpc) is 2.44. The van der Waals surface area contributed by atoms with Gasteiger partial charge in [-0.15, -0.1) is 12.3 Å². The Hall–Kier alpha value is -2.48. The third-order valence-electron chi connectivity index (χ3n) is 2.85. The highest BCUT2D eigenvalue weighted by molar-refractivity contribution is 5.83. The van der Waals surface area contributed by atoms with E-state index in [0.717, 1.165) is 11.3 Å². The predicted octanol–water partition coefficient (Wildman–Crippen LogP) is 1.75. The maximum Gasteiger partial charge on any atom is 0.327 e. The summed E-state index contributed by atoms with van der Waals surface area (Å²) in [7, 11) is 0. The van der Waals surface area contributed by atoms with Gasteiger partial charge in [-0.1, -0.05) is 18.2 Å². The van der Waals surface area contributed by atoms with Crippen molar-refractivity contribution in [1.29, 1.82) is 0 Å². The average molecular weight is 289 g/mol. The van der Waals surface area contributed by atoms with Crippen LogP contribution in [0.25, 0.3) is 0 Å². The van der Waals surface area contributed by atoms with Crippen molar-refractivity contribution in [3.63, 3.8) is 0 Å². The molecule has 112 valence electrons. The van der Waals surface area contributed by atoms with Crippen molar-refractivity contribution in [2.24, 2.45) is 0 Å². The predicted molar refractivity (Wildman–Crippen MR) is 78.9 cm³/mol. The van der Waals surface area contributed by atoms with E-state index in [-0.39, 0.29) is 18.7 Å². The van der Waals surface area contributed by atoms with Crippen molar-refractivity contribution < 1.29 is 19.4 Å². The molecule has 0 aliphatic rings. The number of hydrogen-bond donors (Lipinski definition) is 2. The van der Waals surface area contributed by atoms with E-state index >= 15 is 0 Å². The van der Waals surface area contributed by atoms with Crippen LogP contribution >= 0.6 is 0 Å². The minimum Gasteiger partial charge on any atom is -0.493 e. The van der Waals surface area contributed by atoms with Gasteiger partial charge in [-0.05, 0) is 25.0 Å². The van der Waals surface area contributed by atoms with Gasteiger partial charge in [0.25, 0.3) is 0 Å². The summed E-state index contributed by atoms with van der Waals surface area (Å²) < 4.78 is 5.56. The van der Waals surface area contributed by atoms with Gasteiger partial charge >= 0.3 is 5.97 Å². The molecule has 0 saturated heterocycles. The lowest BCUT2D eigenvalue weighted by Crippen LogP contribution is -2.40. The summed E-state index contributed by atoms with van der Waals surface area (Å²) in [6.45, 7) is 2.34. The fourth-order valence-corrected chi connectivity index (χ4v) is 1.72. The number of para-hydroxylation sites is 1. The van der Waals surface area contributed by atoms with Gasteiger partial charge in [0.05, 0.1) is 6.61 Å². The molecule has 0 aliphatic heterocycles. The minimum absolute atomic E-state index is 0.0270. The molecule has 0 heterocycles. The van der Waals surface area contributed by atoms with Gasteiger partial charge < -0.3 is 15.2 Å². The normalized spacial score (nSPS) is 11.2. The van der Waals surface area contributed by atoms with Gasteiger partial charge in [0.2, 0.25) is 5.91 Å². The van der Waals surface area contributed by atoms with E-state index in [4.69, 9.17) is 16.3 Å². The smallest absolute Gasteiger partial charge is 0.327 e. The fraction of sp³-hybridized carbons (Fsp3) is 0.375. The molecule has 0 bridgehead atoms. The molecule has 1 aromatic rings. The molecular weight excluding hydrogens is 270 g/mol. The van der Waals surface area contributed by atoms with Crippen molar-refractivity contribution in [2.45, 2.75) is 32.2 Å². The first kappa shape index (κ1) is 16.6. The van der Waals surface area contributed by atoms with E-state index < -0.39 is 12.0 Å². The zero-order chi connectivity index (χ0) is 15.7. The first-order valence-electron chi connectivity index (χ1n) is 6.68. The van der Waals surface area contributed by atoms with Crippen LogP contribution in [0.2, 0.25) is 0 Å². The molecule has 2 N–H and O–H groups in total. The number of carbonyl (C=O) groups excluding carboxylic acids is 1. The highest BCUT2D eigenvalue weighted by atomic mass is 16.5. The first-order chi connectivity index (χ1) is 10.0. The monoisotopic (exact) mass is 289 g/mol. The van der Waals surface area contributed by atoms with Crippen LogP contribution in [0.3, 0.4) is 0 Å². The van der Waals surface area contributed by atoms with Crippen LogP contribution in [0.1, 0.15) is 24.8 Å². The molecule has 5 nitrogen and oxygen atoms in total. The molecule has 1 atom stereocenters. The Morgan fingerprint density at radius 3 is 2.76 bits per heavy atom. The zero-order valence-electron chi connectivity index (χ0n) is 12.0. The lowest BCUT2D eigenvalue weighted by atomic mass is 10.2. The van der Waals surface area contributed by atoms with E-state index in [1.54, 1.807) is 0 Å². The van der Waals surface area contributed by atoms with Gasteiger partial charge in [-0.2, -0.15) is 0 Å². The number of carboxylic acids is 1. The van der Waals surface area contributed by atoms with Crippen molar-refractivity contribution in [3.8, 4) is 18.1 Å². The molecule has 1 amide bonds. The number of amides is 1. The largest absolute Gasteiger partial charge is 0.493 e. The van der Waals surface area contributed by atoms with E-state index in [2.05, 4.69) is 11.2 Å². The number of terminal acetylenes is 1. The van der Waals surface area contributed by atoms with Gasteiger partial charge in [0, 0.05) is 12.8 Å². The van der Waals surface area contributed by atoms with Gasteiger partial charge in [0.1, 0.15) is 11.8 Å². The number of aryl methyl sites for hydroxylation is 1. The molecule has 0 fully saturated rings. The summed E-state index contributed by atoms with van der Waals surface area (Å²) >= 11 is 0. The maximum absolute atomic E-state index is 11.6. The second-order valence-corrected chi connectivity index (χ2v) is 4.58. The Bertz CT molecular complexity index is 533. The highest BCUT2D eigenvalue weighted by Gasteiger charge is 2.18. The van der Waals surface area contributed by atoms with Gasteiger partial charge in [-0.25, -0.2) is 4.79 Å².